The Morgan fingerprint density at radius 2 is 2.04 bits per heavy atom. The fourth-order valence-corrected chi connectivity index (χ4v) is 2.57. The molecule has 0 saturated carbocycles. The molecule has 0 bridgehead atoms. The molecule has 1 heterocycles. The molecular formula is C17H14ClFN4O. The van der Waals surface area contributed by atoms with E-state index in [9.17, 15) is 9.18 Å². The summed E-state index contributed by atoms with van der Waals surface area (Å²) < 4.78 is 13.2. The number of carbonyl (C=O) groups is 1. The van der Waals surface area contributed by atoms with Crippen molar-refractivity contribution in [3.05, 3.63) is 70.8 Å². The summed E-state index contributed by atoms with van der Waals surface area (Å²) >= 11 is 5.98. The maximum Gasteiger partial charge on any atom is 0.230 e. The van der Waals surface area contributed by atoms with Gasteiger partial charge in [-0.3, -0.25) is 4.79 Å². The smallest absolute Gasteiger partial charge is 0.230 e. The Morgan fingerprint density at radius 1 is 1.29 bits per heavy atom. The fourth-order valence-electron chi connectivity index (χ4n) is 2.27. The summed E-state index contributed by atoms with van der Waals surface area (Å²) in [5.74, 6) is -0.743. The standard InChI is InChI=1S/C17H14ClFN4O/c1-11-7-12(19)8-15(18)17(11)21-16(24)9-13-10-20-23(22-13)14-5-3-2-4-6-14/h2-8,10H,9H2,1H3,(H,21,24). The number of nitrogens with zero attached hydrogens (tertiary/aromatic N) is 3. The van der Waals surface area contributed by atoms with Gasteiger partial charge in [-0.05, 0) is 36.8 Å². The number of rotatable bonds is 4. The molecule has 0 aliphatic carbocycles. The van der Waals surface area contributed by atoms with Crippen molar-refractivity contribution in [1.29, 1.82) is 0 Å². The zero-order valence-electron chi connectivity index (χ0n) is 12.8. The van der Waals surface area contributed by atoms with Gasteiger partial charge in [0.25, 0.3) is 0 Å². The molecule has 5 nitrogen and oxygen atoms in total. The highest BCUT2D eigenvalue weighted by atomic mass is 35.5. The average molecular weight is 345 g/mol. The summed E-state index contributed by atoms with van der Waals surface area (Å²) in [6.07, 6.45) is 1.58. The summed E-state index contributed by atoms with van der Waals surface area (Å²) in [7, 11) is 0. The maximum absolute atomic E-state index is 13.2. The first kappa shape index (κ1) is 16.1. The zero-order chi connectivity index (χ0) is 17.1. The highest BCUT2D eigenvalue weighted by molar-refractivity contribution is 6.33. The second-order valence-corrected chi connectivity index (χ2v) is 5.67. The molecular weight excluding hydrogens is 331 g/mol. The number of hydrogen-bond donors (Lipinski definition) is 1. The van der Waals surface area contributed by atoms with Crippen molar-refractivity contribution in [3.8, 4) is 5.69 Å². The van der Waals surface area contributed by atoms with E-state index in [0.717, 1.165) is 11.8 Å². The van der Waals surface area contributed by atoms with Gasteiger partial charge in [0.1, 0.15) is 5.82 Å². The summed E-state index contributed by atoms with van der Waals surface area (Å²) in [4.78, 5) is 13.6. The van der Waals surface area contributed by atoms with E-state index in [0.29, 0.717) is 16.9 Å². The number of amides is 1. The Balaban J connectivity index is 1.71. The molecule has 3 rings (SSSR count). The lowest BCUT2D eigenvalue weighted by Gasteiger charge is -2.10. The molecule has 7 heteroatoms. The lowest BCUT2D eigenvalue weighted by atomic mass is 10.2. The molecule has 1 amide bonds. The van der Waals surface area contributed by atoms with Crippen molar-refractivity contribution in [2.24, 2.45) is 0 Å². The van der Waals surface area contributed by atoms with Crippen LogP contribution < -0.4 is 5.32 Å². The number of halogens is 2. The van der Waals surface area contributed by atoms with Gasteiger partial charge in [0, 0.05) is 0 Å². The molecule has 1 aromatic heterocycles. The molecule has 0 fully saturated rings. The zero-order valence-corrected chi connectivity index (χ0v) is 13.6. The van der Waals surface area contributed by atoms with Crippen LogP contribution in [0.1, 0.15) is 11.3 Å². The van der Waals surface area contributed by atoms with Crippen LogP contribution in [0.2, 0.25) is 5.02 Å². The number of benzene rings is 2. The first-order chi connectivity index (χ1) is 11.5. The van der Waals surface area contributed by atoms with Gasteiger partial charge in [0.15, 0.2) is 0 Å². The van der Waals surface area contributed by atoms with Crippen LogP contribution in [0, 0.1) is 12.7 Å². The van der Waals surface area contributed by atoms with Crippen LogP contribution in [-0.4, -0.2) is 20.9 Å². The minimum absolute atomic E-state index is 0.0416. The molecule has 3 aromatic rings. The van der Waals surface area contributed by atoms with Crippen molar-refractivity contribution in [1.82, 2.24) is 15.0 Å². The molecule has 0 spiro atoms. The van der Waals surface area contributed by atoms with Gasteiger partial charge in [0.05, 0.1) is 34.7 Å². The Labute approximate surface area is 143 Å². The van der Waals surface area contributed by atoms with E-state index >= 15 is 0 Å². The van der Waals surface area contributed by atoms with E-state index in [-0.39, 0.29) is 17.4 Å². The van der Waals surface area contributed by atoms with Gasteiger partial charge < -0.3 is 5.32 Å². The molecule has 24 heavy (non-hydrogen) atoms. The largest absolute Gasteiger partial charge is 0.324 e. The van der Waals surface area contributed by atoms with E-state index in [4.69, 9.17) is 11.6 Å². The van der Waals surface area contributed by atoms with Crippen molar-refractivity contribution < 1.29 is 9.18 Å². The highest BCUT2D eigenvalue weighted by Crippen LogP contribution is 2.27. The third kappa shape index (κ3) is 3.60. The Bertz CT molecular complexity index is 856. The van der Waals surface area contributed by atoms with E-state index in [2.05, 4.69) is 15.5 Å². The predicted molar refractivity (Wildman–Crippen MR) is 89.8 cm³/mol. The van der Waals surface area contributed by atoms with Crippen LogP contribution in [0.15, 0.2) is 48.7 Å². The molecule has 0 aliphatic rings. The topological polar surface area (TPSA) is 59.8 Å². The van der Waals surface area contributed by atoms with Gasteiger partial charge >= 0.3 is 0 Å². The summed E-state index contributed by atoms with van der Waals surface area (Å²) in [6.45, 7) is 1.68. The number of hydrogen-bond acceptors (Lipinski definition) is 3. The fraction of sp³-hybridized carbons (Fsp3) is 0.118. The molecule has 2 aromatic carbocycles. The predicted octanol–water partition coefficient (Wildman–Crippen LogP) is 3.55. The van der Waals surface area contributed by atoms with Crippen molar-refractivity contribution in [2.45, 2.75) is 13.3 Å². The number of aromatic nitrogens is 3. The van der Waals surface area contributed by atoms with Crippen molar-refractivity contribution in [2.75, 3.05) is 5.32 Å². The molecule has 0 aliphatic heterocycles. The lowest BCUT2D eigenvalue weighted by Crippen LogP contribution is -2.16. The SMILES string of the molecule is Cc1cc(F)cc(Cl)c1NC(=O)Cc1cnn(-c2ccccc2)n1. The molecule has 1 N–H and O–H groups in total. The van der Waals surface area contributed by atoms with Crippen molar-refractivity contribution in [3.63, 3.8) is 0 Å². The third-order valence-electron chi connectivity index (χ3n) is 3.38. The normalized spacial score (nSPS) is 10.6. The number of para-hydroxylation sites is 1. The quantitative estimate of drug-likeness (QED) is 0.787. The third-order valence-corrected chi connectivity index (χ3v) is 3.68. The van der Waals surface area contributed by atoms with Crippen LogP contribution in [-0.2, 0) is 11.2 Å². The molecule has 0 saturated heterocycles. The summed E-state index contributed by atoms with van der Waals surface area (Å²) in [5, 5.41) is 11.3. The minimum Gasteiger partial charge on any atom is -0.324 e. The molecule has 0 radical (unpaired) electrons. The number of nitrogens with one attached hydrogen (secondary N) is 1. The van der Waals surface area contributed by atoms with Gasteiger partial charge in [-0.25, -0.2) is 4.39 Å². The first-order valence-electron chi connectivity index (χ1n) is 7.25. The summed E-state index contributed by atoms with van der Waals surface area (Å²) in [6, 6.07) is 11.9. The van der Waals surface area contributed by atoms with Crippen LogP contribution in [0.3, 0.4) is 0 Å². The van der Waals surface area contributed by atoms with Gasteiger partial charge in [-0.15, -0.1) is 0 Å². The van der Waals surface area contributed by atoms with Gasteiger partial charge in [-0.2, -0.15) is 15.0 Å². The van der Waals surface area contributed by atoms with Gasteiger partial charge in [0.2, 0.25) is 5.91 Å². The van der Waals surface area contributed by atoms with E-state index in [1.807, 2.05) is 30.3 Å². The highest BCUT2D eigenvalue weighted by Gasteiger charge is 2.13. The van der Waals surface area contributed by atoms with E-state index in [1.54, 1.807) is 6.92 Å². The maximum atomic E-state index is 13.2. The van der Waals surface area contributed by atoms with Crippen LogP contribution in [0.4, 0.5) is 10.1 Å². The summed E-state index contributed by atoms with van der Waals surface area (Å²) in [5.41, 5.74) is 2.29. The number of carbonyl (C=O) groups excluding carboxylic acids is 1. The first-order valence-corrected chi connectivity index (χ1v) is 7.63. The Morgan fingerprint density at radius 3 is 2.75 bits per heavy atom. The van der Waals surface area contributed by atoms with Gasteiger partial charge in [-0.1, -0.05) is 29.8 Å². The van der Waals surface area contributed by atoms with E-state index < -0.39 is 5.82 Å². The van der Waals surface area contributed by atoms with Crippen LogP contribution in [0.25, 0.3) is 5.69 Å². The van der Waals surface area contributed by atoms with E-state index in [1.165, 1.54) is 17.1 Å². The van der Waals surface area contributed by atoms with Crippen LogP contribution >= 0.6 is 11.6 Å². The lowest BCUT2D eigenvalue weighted by molar-refractivity contribution is -0.115. The molecule has 0 atom stereocenters. The minimum atomic E-state index is -0.443. The number of anilines is 1. The molecule has 122 valence electrons. The average Bonchev–Trinajstić information content (AvgIpc) is 3.00. The number of aryl methyl sites for hydroxylation is 1. The monoisotopic (exact) mass is 344 g/mol. The Hall–Kier alpha value is -2.73. The second-order valence-electron chi connectivity index (χ2n) is 5.27. The Kier molecular flexibility index (Phi) is 4.57. The van der Waals surface area contributed by atoms with Crippen LogP contribution in [0.5, 0.6) is 0 Å². The molecule has 0 unspecified atom stereocenters. The second kappa shape index (κ2) is 6.80. The van der Waals surface area contributed by atoms with Crippen molar-refractivity contribution >= 4 is 23.2 Å².